The van der Waals surface area contributed by atoms with E-state index in [4.69, 9.17) is 37.9 Å². The molecule has 0 unspecified atom stereocenters. The number of carboxylic acids is 1. The van der Waals surface area contributed by atoms with Crippen molar-refractivity contribution in [2.45, 2.75) is 48.2 Å². The molecule has 0 spiro atoms. The molecule has 6 bridgehead atoms. The lowest BCUT2D eigenvalue weighted by atomic mass is 9.70. The van der Waals surface area contributed by atoms with Gasteiger partial charge in [0.1, 0.15) is 18.3 Å². The van der Waals surface area contributed by atoms with Gasteiger partial charge in [0.2, 0.25) is 46.9 Å². The number of aromatic hydroxyl groups is 13. The molecule has 10 rings (SSSR count). The lowest BCUT2D eigenvalue weighted by Gasteiger charge is -2.49. The lowest BCUT2D eigenvalue weighted by molar-refractivity contribution is -0.339. The van der Waals surface area contributed by atoms with Crippen LogP contribution in [-0.4, -0.2) is 177 Å². The Labute approximate surface area is 438 Å². The second kappa shape index (κ2) is 17.9. The number of hydrogen-bond acceptors (Lipinski definition) is 31. The average molecular weight is 1120 g/mol. The number of aliphatic hydroxyl groups is 3. The summed E-state index contributed by atoms with van der Waals surface area (Å²) in [5.74, 6) is -46.2. The molecule has 0 amide bonds. The smallest absolute Gasteiger partial charge is 0.340 e. The quantitative estimate of drug-likeness (QED) is 0.0469. The van der Waals surface area contributed by atoms with E-state index >= 15 is 4.79 Å². The first-order valence-corrected chi connectivity index (χ1v) is 22.2. The van der Waals surface area contributed by atoms with Gasteiger partial charge in [0.05, 0.1) is 33.7 Å². The van der Waals surface area contributed by atoms with Gasteiger partial charge < -0.3 is 125 Å². The van der Waals surface area contributed by atoms with E-state index in [1.807, 2.05) is 0 Å². The van der Waals surface area contributed by atoms with Crippen LogP contribution < -0.4 is 9.47 Å². The van der Waals surface area contributed by atoms with Gasteiger partial charge in [0.25, 0.3) is 5.79 Å². The molecule has 0 radical (unpaired) electrons. The molecule has 1 saturated heterocycles. The number of phenols is 13. The van der Waals surface area contributed by atoms with Gasteiger partial charge in [-0.3, -0.25) is 4.79 Å². The molecule has 7 atom stereocenters. The lowest BCUT2D eigenvalue weighted by Crippen LogP contribution is -2.70. The molecule has 17 N–H and O–H groups in total. The van der Waals surface area contributed by atoms with Crippen LogP contribution >= 0.6 is 0 Å². The van der Waals surface area contributed by atoms with E-state index < -0.39 is 238 Å². The normalized spacial score (nSPS) is 23.5. The van der Waals surface area contributed by atoms with Gasteiger partial charge >= 0.3 is 41.6 Å². The number of phenolic OH excluding ortho intramolecular Hbond substituents is 13. The predicted octanol–water partition coefficient (Wildman–Crippen LogP) is -0.200. The first-order valence-electron chi connectivity index (χ1n) is 22.2. The summed E-state index contributed by atoms with van der Waals surface area (Å²) in [5, 5.41) is 184. The summed E-state index contributed by atoms with van der Waals surface area (Å²) in [6.07, 6.45) is -12.9. The molecule has 32 nitrogen and oxygen atoms in total. The van der Waals surface area contributed by atoms with Crippen molar-refractivity contribution in [2.75, 3.05) is 6.61 Å². The molecular formula is C48H32O32. The van der Waals surface area contributed by atoms with Crippen molar-refractivity contribution in [1.29, 1.82) is 0 Å². The number of carbonyl (C=O) groups is 7. The van der Waals surface area contributed by atoms with Crippen molar-refractivity contribution in [1.82, 2.24) is 0 Å². The Morgan fingerprint density at radius 2 is 1.10 bits per heavy atom. The van der Waals surface area contributed by atoms with E-state index in [0.29, 0.717) is 30.3 Å². The minimum absolute atomic E-state index is 0.208. The number of fused-ring (bicyclic) bond motifs is 4. The third-order valence-electron chi connectivity index (χ3n) is 13.2. The zero-order valence-corrected chi connectivity index (χ0v) is 38.9. The Hall–Kier alpha value is -10.8. The van der Waals surface area contributed by atoms with Crippen molar-refractivity contribution in [3.8, 4) is 103 Å². The molecule has 80 heavy (non-hydrogen) atoms. The summed E-state index contributed by atoms with van der Waals surface area (Å²) in [6, 6.07) is 2.31. The Bertz CT molecular complexity index is 3700. The van der Waals surface area contributed by atoms with Crippen LogP contribution in [0.25, 0.3) is 11.1 Å². The van der Waals surface area contributed by atoms with Gasteiger partial charge in [0, 0.05) is 28.8 Å². The number of hydrogen-bond donors (Lipinski definition) is 17. The predicted molar refractivity (Wildman–Crippen MR) is 241 cm³/mol. The number of esters is 5. The van der Waals surface area contributed by atoms with E-state index in [2.05, 4.69) is 0 Å². The summed E-state index contributed by atoms with van der Waals surface area (Å²) < 4.78 is 44.6. The third-order valence-corrected chi connectivity index (χ3v) is 13.2. The maximum Gasteiger partial charge on any atom is 0.340 e. The zero-order valence-electron chi connectivity index (χ0n) is 38.9. The second-order valence-corrected chi connectivity index (χ2v) is 17.8. The molecular weight excluding hydrogens is 1090 g/mol. The van der Waals surface area contributed by atoms with Crippen LogP contribution in [-0.2, 0) is 38.0 Å². The summed E-state index contributed by atoms with van der Waals surface area (Å²) in [4.78, 5) is 98.9. The number of cyclic esters (lactones) is 1. The van der Waals surface area contributed by atoms with Crippen LogP contribution in [0.3, 0.4) is 0 Å². The maximum absolute atomic E-state index is 15.2. The maximum atomic E-state index is 15.2. The van der Waals surface area contributed by atoms with E-state index in [0.717, 1.165) is 0 Å². The van der Waals surface area contributed by atoms with Gasteiger partial charge in [-0.05, 0) is 30.3 Å². The Morgan fingerprint density at radius 3 is 1.75 bits per heavy atom. The molecule has 1 fully saturated rings. The summed E-state index contributed by atoms with van der Waals surface area (Å²) in [6.45, 7) is -1.42. The minimum Gasteiger partial charge on any atom is -0.504 e. The molecule has 0 saturated carbocycles. The molecule has 4 aliphatic heterocycles. The largest absolute Gasteiger partial charge is 0.504 e. The number of ketones is 1. The minimum atomic E-state index is -4.06. The van der Waals surface area contributed by atoms with Crippen LogP contribution in [0.1, 0.15) is 63.3 Å². The van der Waals surface area contributed by atoms with Crippen molar-refractivity contribution in [3.63, 3.8) is 0 Å². The molecule has 5 aromatic rings. The molecule has 5 aliphatic rings. The number of carbonyl (C=O) groups excluding carboxylic acids is 6. The zero-order chi connectivity index (χ0) is 58.3. The first-order chi connectivity index (χ1) is 37.5. The van der Waals surface area contributed by atoms with Crippen molar-refractivity contribution >= 4 is 41.6 Å². The third kappa shape index (κ3) is 7.64. The van der Waals surface area contributed by atoms with Crippen molar-refractivity contribution in [3.05, 3.63) is 81.4 Å². The topological polar surface area (TPSA) is 537 Å². The standard InChI is InChI=1S/C48H32O32/c49-15-1-9(2-16(50)27(15)55)41(65)79-46-39-38-36(76-45(69)13-7-22(54)48(72)47(70,71)26(13)25-11(43(67)78-39)4-19(53)30(58)37(25)80-48)21(75-46)8-73-42(66)10-3-17(51)28(56)32(60)23(10)24-12(44(68)77-38)6-20(31(59)33(24)61)74-35-14(40(63)64)5-18(52)29(57)34(35)62/h1-7,21,26,36,38-39,46,49-53,55-62,70-72H,8H2,(H,63,64)/t21-,26-,36-,38+,39-,46+,48-/m1/s1. The van der Waals surface area contributed by atoms with Gasteiger partial charge in [0.15, 0.2) is 75.5 Å². The first kappa shape index (κ1) is 52.6. The van der Waals surface area contributed by atoms with Gasteiger partial charge in [-0.15, -0.1) is 0 Å². The van der Waals surface area contributed by atoms with E-state index in [9.17, 15) is 116 Å². The van der Waals surface area contributed by atoms with Crippen molar-refractivity contribution < 1.29 is 158 Å². The number of carboxylic acid groups (broad SMARTS) is 1. The fraction of sp³-hybridized carbons (Fsp3) is 0.188. The number of rotatable bonds is 5. The number of benzene rings is 5. The van der Waals surface area contributed by atoms with Gasteiger partial charge in [-0.25, -0.2) is 28.8 Å². The number of aromatic carboxylic acids is 1. The number of ether oxygens (including phenoxy) is 8. The Balaban J connectivity index is 1.23. The molecule has 4 heterocycles. The summed E-state index contributed by atoms with van der Waals surface area (Å²) in [7, 11) is 0. The van der Waals surface area contributed by atoms with E-state index in [-0.39, 0.29) is 12.1 Å². The van der Waals surface area contributed by atoms with Crippen LogP contribution in [0, 0.1) is 0 Å². The fourth-order valence-electron chi connectivity index (χ4n) is 9.32. The Morgan fingerprint density at radius 1 is 0.562 bits per heavy atom. The Kier molecular flexibility index (Phi) is 11.8. The highest BCUT2D eigenvalue weighted by atomic mass is 16.8. The molecule has 5 aromatic carbocycles. The molecule has 32 heteroatoms. The highest BCUT2D eigenvalue weighted by Gasteiger charge is 2.70. The van der Waals surface area contributed by atoms with Gasteiger partial charge in [-0.1, -0.05) is 0 Å². The van der Waals surface area contributed by atoms with Crippen molar-refractivity contribution in [2.24, 2.45) is 0 Å². The molecule has 416 valence electrons. The van der Waals surface area contributed by atoms with E-state index in [1.54, 1.807) is 0 Å². The van der Waals surface area contributed by atoms with Crippen LogP contribution in [0.4, 0.5) is 0 Å². The second-order valence-electron chi connectivity index (χ2n) is 17.8. The van der Waals surface area contributed by atoms with E-state index in [1.165, 1.54) is 0 Å². The average Bonchev–Trinajstić information content (AvgIpc) is 3.60. The monoisotopic (exact) mass is 1120 g/mol. The molecule has 1 aliphatic carbocycles. The highest BCUT2D eigenvalue weighted by Crippen LogP contribution is 2.59. The summed E-state index contributed by atoms with van der Waals surface area (Å²) >= 11 is 0. The SMILES string of the molecule is O=C1O[C@H]2[C@@H]3OC(=O)c4cc(Oc5c(C(=O)O)cc(O)c(O)c5O)c(O)c(O)c4-c4c(cc(O)c(O)c4O)C(=O)OC[C@H]2O[C@@H](OC(=O)c2cc(O)c(O)c(O)c2)[C@@H]3OC(=O)c2cc(O)c(O)c3c2[C@H]2C1=CC(=O)[C@@](O)(O3)C2(O)O. The fourth-order valence-corrected chi connectivity index (χ4v) is 9.32. The van der Waals surface area contributed by atoms with Crippen LogP contribution in [0.5, 0.6) is 92.0 Å². The summed E-state index contributed by atoms with van der Waals surface area (Å²) in [5.41, 5.74) is -10.7. The molecule has 0 aromatic heterocycles. The van der Waals surface area contributed by atoms with Gasteiger partial charge in [-0.2, -0.15) is 0 Å². The van der Waals surface area contributed by atoms with Crippen LogP contribution in [0.15, 0.2) is 48.0 Å². The highest BCUT2D eigenvalue weighted by molar-refractivity contribution is 6.10. The van der Waals surface area contributed by atoms with Crippen LogP contribution in [0.2, 0.25) is 0 Å².